The molecule has 0 radical (unpaired) electrons. The molecule has 2 fully saturated rings. The van der Waals surface area contributed by atoms with Gasteiger partial charge in [-0.1, -0.05) is 20.8 Å². The maximum Gasteiger partial charge on any atom is 0.240 e. The van der Waals surface area contributed by atoms with E-state index in [4.69, 9.17) is 0 Å². The van der Waals surface area contributed by atoms with Crippen LogP contribution in [0.1, 0.15) is 20.8 Å². The van der Waals surface area contributed by atoms with Crippen LogP contribution in [-0.4, -0.2) is 65.5 Å². The van der Waals surface area contributed by atoms with E-state index in [2.05, 4.69) is 5.32 Å². The molecule has 5 nitrogen and oxygen atoms in total. The van der Waals surface area contributed by atoms with Crippen LogP contribution in [0.2, 0.25) is 0 Å². The molecule has 1 atom stereocenters. The SMILES string of the molecule is CC(C)(C)C(=O)N1CCN(C(=O)C2CSCN2)CC1. The summed E-state index contributed by atoms with van der Waals surface area (Å²) in [7, 11) is 0. The van der Waals surface area contributed by atoms with Crippen molar-refractivity contribution >= 4 is 23.6 Å². The van der Waals surface area contributed by atoms with Crippen LogP contribution < -0.4 is 5.32 Å². The summed E-state index contributed by atoms with van der Waals surface area (Å²) in [6.45, 7) is 8.43. The number of nitrogens with zero attached hydrogens (tertiary/aromatic N) is 2. The van der Waals surface area contributed by atoms with Crippen molar-refractivity contribution in [2.45, 2.75) is 26.8 Å². The van der Waals surface area contributed by atoms with Crippen LogP contribution in [0.3, 0.4) is 0 Å². The van der Waals surface area contributed by atoms with E-state index < -0.39 is 0 Å². The summed E-state index contributed by atoms with van der Waals surface area (Å²) in [6.07, 6.45) is 0. The third kappa shape index (κ3) is 3.42. The Morgan fingerprint density at radius 3 is 2.16 bits per heavy atom. The maximum absolute atomic E-state index is 12.2. The largest absolute Gasteiger partial charge is 0.339 e. The van der Waals surface area contributed by atoms with E-state index in [1.54, 1.807) is 11.8 Å². The van der Waals surface area contributed by atoms with Gasteiger partial charge in [-0.25, -0.2) is 0 Å². The molecule has 1 N–H and O–H groups in total. The highest BCUT2D eigenvalue weighted by Crippen LogP contribution is 2.19. The van der Waals surface area contributed by atoms with Crippen molar-refractivity contribution in [1.29, 1.82) is 0 Å². The Balaban J connectivity index is 1.85. The number of piperazine rings is 1. The van der Waals surface area contributed by atoms with Gasteiger partial charge in [-0.05, 0) is 0 Å². The smallest absolute Gasteiger partial charge is 0.240 e. The summed E-state index contributed by atoms with van der Waals surface area (Å²) in [5, 5.41) is 3.20. The minimum absolute atomic E-state index is 0.0325. The topological polar surface area (TPSA) is 52.7 Å². The first kappa shape index (κ1) is 14.7. The van der Waals surface area contributed by atoms with Gasteiger partial charge in [0.25, 0.3) is 0 Å². The molecule has 1 unspecified atom stereocenters. The van der Waals surface area contributed by atoms with Crippen molar-refractivity contribution in [2.24, 2.45) is 5.41 Å². The number of thioether (sulfide) groups is 1. The molecule has 108 valence electrons. The molecule has 2 amide bonds. The zero-order chi connectivity index (χ0) is 14.0. The van der Waals surface area contributed by atoms with Gasteiger partial charge >= 0.3 is 0 Å². The molecular formula is C13H23N3O2S. The molecule has 0 aliphatic carbocycles. The zero-order valence-corrected chi connectivity index (χ0v) is 12.8. The second kappa shape index (κ2) is 5.71. The predicted molar refractivity (Wildman–Crippen MR) is 76.9 cm³/mol. The minimum Gasteiger partial charge on any atom is -0.339 e. The van der Waals surface area contributed by atoms with Gasteiger partial charge in [0.15, 0.2) is 0 Å². The van der Waals surface area contributed by atoms with Crippen LogP contribution in [0.5, 0.6) is 0 Å². The van der Waals surface area contributed by atoms with Crippen molar-refractivity contribution in [3.63, 3.8) is 0 Å². The Hall–Kier alpha value is -0.750. The number of rotatable bonds is 1. The third-order valence-corrected chi connectivity index (χ3v) is 4.47. The minimum atomic E-state index is -0.337. The lowest BCUT2D eigenvalue weighted by Crippen LogP contribution is -2.56. The van der Waals surface area contributed by atoms with E-state index in [1.807, 2.05) is 30.6 Å². The molecule has 2 rings (SSSR count). The molecule has 19 heavy (non-hydrogen) atoms. The van der Waals surface area contributed by atoms with Gasteiger partial charge in [0.2, 0.25) is 11.8 Å². The lowest BCUT2D eigenvalue weighted by molar-refractivity contribution is -0.145. The van der Waals surface area contributed by atoms with Crippen LogP contribution >= 0.6 is 11.8 Å². The number of carbonyl (C=O) groups is 2. The first-order valence-electron chi connectivity index (χ1n) is 6.79. The van der Waals surface area contributed by atoms with Gasteiger partial charge in [0.05, 0.1) is 6.04 Å². The fourth-order valence-electron chi connectivity index (χ4n) is 2.38. The molecule has 2 saturated heterocycles. The predicted octanol–water partition coefficient (Wildman–Crippen LogP) is 0.366. The summed E-state index contributed by atoms with van der Waals surface area (Å²) in [4.78, 5) is 28.1. The molecule has 0 aromatic carbocycles. The van der Waals surface area contributed by atoms with E-state index in [9.17, 15) is 9.59 Å². The molecule has 0 saturated carbocycles. The second-order valence-electron chi connectivity index (χ2n) is 6.14. The average molecular weight is 285 g/mol. The standard InChI is InChI=1S/C13H23N3O2S/c1-13(2,3)12(18)16-6-4-15(5-7-16)11(17)10-8-19-9-14-10/h10,14H,4-9H2,1-3H3. The monoisotopic (exact) mass is 285 g/mol. The highest BCUT2D eigenvalue weighted by molar-refractivity contribution is 7.99. The fraction of sp³-hybridized carbons (Fsp3) is 0.846. The van der Waals surface area contributed by atoms with E-state index in [-0.39, 0.29) is 23.3 Å². The Morgan fingerprint density at radius 2 is 1.68 bits per heavy atom. The van der Waals surface area contributed by atoms with Crippen LogP contribution in [0.25, 0.3) is 0 Å². The molecular weight excluding hydrogens is 262 g/mol. The lowest BCUT2D eigenvalue weighted by Gasteiger charge is -2.38. The van der Waals surface area contributed by atoms with Crippen LogP contribution in [-0.2, 0) is 9.59 Å². The average Bonchev–Trinajstić information content (AvgIpc) is 2.90. The van der Waals surface area contributed by atoms with Crippen LogP contribution in [0, 0.1) is 5.41 Å². The van der Waals surface area contributed by atoms with E-state index in [0.717, 1.165) is 11.6 Å². The molecule has 0 aromatic rings. The highest BCUT2D eigenvalue weighted by Gasteiger charge is 2.33. The van der Waals surface area contributed by atoms with Gasteiger partial charge in [-0.15, -0.1) is 11.8 Å². The highest BCUT2D eigenvalue weighted by atomic mass is 32.2. The molecule has 6 heteroatoms. The van der Waals surface area contributed by atoms with Crippen LogP contribution in [0.4, 0.5) is 0 Å². The van der Waals surface area contributed by atoms with Crippen molar-refractivity contribution in [2.75, 3.05) is 37.8 Å². The molecule has 2 heterocycles. The summed E-state index contributed by atoms with van der Waals surface area (Å²) in [5.74, 6) is 2.08. The van der Waals surface area contributed by atoms with Crippen molar-refractivity contribution in [3.8, 4) is 0 Å². The molecule has 2 aliphatic heterocycles. The maximum atomic E-state index is 12.2. The number of amides is 2. The first-order valence-corrected chi connectivity index (χ1v) is 7.94. The van der Waals surface area contributed by atoms with Crippen molar-refractivity contribution in [1.82, 2.24) is 15.1 Å². The van der Waals surface area contributed by atoms with Gasteiger partial charge in [-0.3, -0.25) is 14.9 Å². The lowest BCUT2D eigenvalue weighted by atomic mass is 9.94. The Morgan fingerprint density at radius 1 is 1.11 bits per heavy atom. The fourth-order valence-corrected chi connectivity index (χ4v) is 3.31. The molecule has 0 bridgehead atoms. The van der Waals surface area contributed by atoms with Crippen molar-refractivity contribution in [3.05, 3.63) is 0 Å². The number of hydrogen-bond donors (Lipinski definition) is 1. The van der Waals surface area contributed by atoms with E-state index in [0.29, 0.717) is 26.2 Å². The van der Waals surface area contributed by atoms with Gasteiger partial charge in [0.1, 0.15) is 0 Å². The van der Waals surface area contributed by atoms with Crippen molar-refractivity contribution < 1.29 is 9.59 Å². The third-order valence-electron chi connectivity index (χ3n) is 3.53. The summed E-state index contributed by atoms with van der Waals surface area (Å²) in [5.41, 5.74) is -0.337. The summed E-state index contributed by atoms with van der Waals surface area (Å²) < 4.78 is 0. The van der Waals surface area contributed by atoms with E-state index in [1.165, 1.54) is 0 Å². The second-order valence-corrected chi connectivity index (χ2v) is 7.17. The van der Waals surface area contributed by atoms with E-state index >= 15 is 0 Å². The Bertz CT molecular complexity index is 353. The zero-order valence-electron chi connectivity index (χ0n) is 11.9. The van der Waals surface area contributed by atoms with Gasteiger partial charge in [0, 0.05) is 43.2 Å². The quantitative estimate of drug-likeness (QED) is 0.756. The molecule has 0 spiro atoms. The summed E-state index contributed by atoms with van der Waals surface area (Å²) >= 11 is 1.76. The Kier molecular flexibility index (Phi) is 4.40. The number of nitrogens with one attached hydrogen (secondary N) is 1. The molecule has 0 aromatic heterocycles. The summed E-state index contributed by atoms with van der Waals surface area (Å²) in [6, 6.07) is -0.0325. The van der Waals surface area contributed by atoms with Crippen LogP contribution in [0.15, 0.2) is 0 Å². The first-order chi connectivity index (χ1) is 8.89. The Labute approximate surface area is 119 Å². The number of carbonyl (C=O) groups excluding carboxylic acids is 2. The normalized spacial score (nSPS) is 24.7. The number of hydrogen-bond acceptors (Lipinski definition) is 4. The van der Waals surface area contributed by atoms with Gasteiger partial charge < -0.3 is 9.80 Å². The van der Waals surface area contributed by atoms with Gasteiger partial charge in [-0.2, -0.15) is 0 Å². The molecule has 2 aliphatic rings.